The number of rotatable bonds is 0. The lowest BCUT2D eigenvalue weighted by molar-refractivity contribution is 1.25. The highest BCUT2D eigenvalue weighted by Crippen LogP contribution is 2.30. The van der Waals surface area contributed by atoms with E-state index in [0.717, 1.165) is 5.65 Å². The lowest BCUT2D eigenvalue weighted by Gasteiger charge is -2.09. The van der Waals surface area contributed by atoms with Gasteiger partial charge in [-0.1, -0.05) is 42.5 Å². The fourth-order valence-corrected chi connectivity index (χ4v) is 2.79. The van der Waals surface area contributed by atoms with Gasteiger partial charge >= 0.3 is 0 Å². The fourth-order valence-electron chi connectivity index (χ4n) is 2.79. The molecule has 4 rings (SSSR count). The van der Waals surface area contributed by atoms with Crippen LogP contribution in [0.15, 0.2) is 54.9 Å². The first kappa shape index (κ1) is 9.66. The van der Waals surface area contributed by atoms with Gasteiger partial charge in [-0.25, -0.2) is 4.98 Å². The molecule has 0 amide bonds. The third-order valence-electron chi connectivity index (χ3n) is 3.58. The molecule has 2 aromatic carbocycles. The summed E-state index contributed by atoms with van der Waals surface area (Å²) < 4.78 is 2.19. The van der Waals surface area contributed by atoms with E-state index in [1.165, 1.54) is 27.2 Å². The summed E-state index contributed by atoms with van der Waals surface area (Å²) in [4.78, 5) is 4.50. The minimum Gasteiger partial charge on any atom is -0.299 e. The van der Waals surface area contributed by atoms with Crippen molar-refractivity contribution in [1.29, 1.82) is 0 Å². The zero-order chi connectivity index (χ0) is 12.1. The van der Waals surface area contributed by atoms with Gasteiger partial charge < -0.3 is 0 Å². The molecule has 0 saturated carbocycles. The average Bonchev–Trinajstić information content (AvgIpc) is 2.88. The average molecular weight is 232 g/mol. The van der Waals surface area contributed by atoms with E-state index in [0.29, 0.717) is 0 Å². The number of para-hydroxylation sites is 1. The van der Waals surface area contributed by atoms with Crippen LogP contribution >= 0.6 is 0 Å². The molecule has 0 N–H and O–H groups in total. The lowest BCUT2D eigenvalue weighted by atomic mass is 10.0. The van der Waals surface area contributed by atoms with E-state index in [1.807, 2.05) is 12.4 Å². The van der Waals surface area contributed by atoms with Crippen LogP contribution in [0.25, 0.3) is 27.3 Å². The number of hydrogen-bond acceptors (Lipinski definition) is 1. The predicted octanol–water partition coefficient (Wildman–Crippen LogP) is 3.95. The Morgan fingerprint density at radius 2 is 1.67 bits per heavy atom. The summed E-state index contributed by atoms with van der Waals surface area (Å²) in [5, 5.41) is 3.77. The maximum absolute atomic E-state index is 4.50. The Morgan fingerprint density at radius 1 is 0.889 bits per heavy atom. The van der Waals surface area contributed by atoms with E-state index >= 15 is 0 Å². The second-order valence-electron chi connectivity index (χ2n) is 4.64. The van der Waals surface area contributed by atoms with Gasteiger partial charge in [-0.15, -0.1) is 0 Å². The molecule has 0 spiro atoms. The summed E-state index contributed by atoms with van der Waals surface area (Å²) in [5.74, 6) is 0. The van der Waals surface area contributed by atoms with Crippen molar-refractivity contribution in [2.24, 2.45) is 0 Å². The molecule has 0 fully saturated rings. The topological polar surface area (TPSA) is 17.3 Å². The van der Waals surface area contributed by atoms with Gasteiger partial charge in [0.1, 0.15) is 5.65 Å². The standard InChI is InChI=1S/C16H12N2/c1-11-5-4-8-13-12-6-2-3-7-14(12)16-17-9-10-18(16)15(11)13/h2-10H,1H3. The quantitative estimate of drug-likeness (QED) is 0.420. The zero-order valence-corrected chi connectivity index (χ0v) is 10.1. The Balaban J connectivity index is 2.49. The Hall–Kier alpha value is -2.35. The van der Waals surface area contributed by atoms with Crippen molar-refractivity contribution in [1.82, 2.24) is 9.38 Å². The molecule has 18 heavy (non-hydrogen) atoms. The second kappa shape index (κ2) is 3.33. The second-order valence-corrected chi connectivity index (χ2v) is 4.64. The zero-order valence-electron chi connectivity index (χ0n) is 10.1. The van der Waals surface area contributed by atoms with Crippen molar-refractivity contribution >= 4 is 27.3 Å². The lowest BCUT2D eigenvalue weighted by Crippen LogP contribution is -1.92. The smallest absolute Gasteiger partial charge is 0.145 e. The molecule has 0 saturated heterocycles. The Morgan fingerprint density at radius 3 is 2.56 bits per heavy atom. The van der Waals surface area contributed by atoms with E-state index in [-0.39, 0.29) is 0 Å². The molecule has 0 bridgehead atoms. The van der Waals surface area contributed by atoms with Crippen molar-refractivity contribution in [2.45, 2.75) is 6.92 Å². The Labute approximate surface area is 104 Å². The predicted molar refractivity (Wildman–Crippen MR) is 74.9 cm³/mol. The largest absolute Gasteiger partial charge is 0.299 e. The minimum atomic E-state index is 1.03. The summed E-state index contributed by atoms with van der Waals surface area (Å²) in [6.45, 7) is 2.15. The van der Waals surface area contributed by atoms with Gasteiger partial charge in [0, 0.05) is 23.2 Å². The van der Waals surface area contributed by atoms with Gasteiger partial charge in [0.2, 0.25) is 0 Å². The van der Waals surface area contributed by atoms with Crippen LogP contribution in [0.2, 0.25) is 0 Å². The third-order valence-corrected chi connectivity index (χ3v) is 3.58. The van der Waals surface area contributed by atoms with Crippen LogP contribution in [0.5, 0.6) is 0 Å². The number of benzene rings is 2. The van der Waals surface area contributed by atoms with Gasteiger partial charge in [-0.3, -0.25) is 4.40 Å². The molecule has 0 radical (unpaired) electrons. The molecular formula is C16H12N2. The van der Waals surface area contributed by atoms with Crippen LogP contribution in [0.1, 0.15) is 5.56 Å². The van der Waals surface area contributed by atoms with Crippen LogP contribution in [0.3, 0.4) is 0 Å². The highest BCUT2D eigenvalue weighted by atomic mass is 15.0. The van der Waals surface area contributed by atoms with Crippen molar-refractivity contribution in [3.8, 4) is 0 Å². The van der Waals surface area contributed by atoms with E-state index in [9.17, 15) is 0 Å². The number of imidazole rings is 1. The maximum Gasteiger partial charge on any atom is 0.145 e. The molecule has 0 aliphatic rings. The van der Waals surface area contributed by atoms with Crippen molar-refractivity contribution in [3.05, 3.63) is 60.4 Å². The summed E-state index contributed by atoms with van der Waals surface area (Å²) in [6, 6.07) is 14.9. The molecule has 2 heteroatoms. The van der Waals surface area contributed by atoms with Crippen LogP contribution < -0.4 is 0 Å². The van der Waals surface area contributed by atoms with Gasteiger partial charge in [-0.05, 0) is 17.9 Å². The summed E-state index contributed by atoms with van der Waals surface area (Å²) >= 11 is 0. The molecule has 0 aliphatic heterocycles. The SMILES string of the molecule is Cc1cccc2c3ccccc3c3nccn3c12. The summed E-state index contributed by atoms with van der Waals surface area (Å²) in [6.07, 6.45) is 3.91. The first-order valence-corrected chi connectivity index (χ1v) is 6.09. The van der Waals surface area contributed by atoms with Crippen LogP contribution in [0.4, 0.5) is 0 Å². The molecule has 0 atom stereocenters. The molecule has 2 nitrogen and oxygen atoms in total. The van der Waals surface area contributed by atoms with Crippen LogP contribution in [-0.2, 0) is 0 Å². The fraction of sp³-hybridized carbons (Fsp3) is 0.0625. The molecular weight excluding hydrogens is 220 g/mol. The Bertz CT molecular complexity index is 887. The normalized spacial score (nSPS) is 11.6. The molecule has 2 heterocycles. The minimum absolute atomic E-state index is 1.03. The molecule has 0 unspecified atom stereocenters. The number of pyridine rings is 1. The van der Waals surface area contributed by atoms with E-state index in [4.69, 9.17) is 0 Å². The Kier molecular flexibility index (Phi) is 1.78. The van der Waals surface area contributed by atoms with Crippen molar-refractivity contribution in [3.63, 3.8) is 0 Å². The molecule has 86 valence electrons. The van der Waals surface area contributed by atoms with Gasteiger partial charge in [0.15, 0.2) is 0 Å². The van der Waals surface area contributed by atoms with Gasteiger partial charge in [0.05, 0.1) is 5.52 Å². The number of fused-ring (bicyclic) bond motifs is 6. The number of aryl methyl sites for hydroxylation is 1. The number of hydrogen-bond donors (Lipinski definition) is 0. The third kappa shape index (κ3) is 1.10. The molecule has 0 aliphatic carbocycles. The van der Waals surface area contributed by atoms with Gasteiger partial charge in [0.25, 0.3) is 0 Å². The molecule has 4 aromatic rings. The summed E-state index contributed by atoms with van der Waals surface area (Å²) in [5.41, 5.74) is 3.57. The highest BCUT2D eigenvalue weighted by Gasteiger charge is 2.09. The maximum atomic E-state index is 4.50. The van der Waals surface area contributed by atoms with Crippen molar-refractivity contribution in [2.75, 3.05) is 0 Å². The number of aromatic nitrogens is 2. The number of nitrogens with zero attached hydrogens (tertiary/aromatic N) is 2. The van der Waals surface area contributed by atoms with Gasteiger partial charge in [-0.2, -0.15) is 0 Å². The first-order chi connectivity index (χ1) is 8.86. The van der Waals surface area contributed by atoms with E-state index in [1.54, 1.807) is 0 Å². The monoisotopic (exact) mass is 232 g/mol. The van der Waals surface area contributed by atoms with Crippen LogP contribution in [0, 0.1) is 6.92 Å². The van der Waals surface area contributed by atoms with E-state index < -0.39 is 0 Å². The molecule has 2 aromatic heterocycles. The first-order valence-electron chi connectivity index (χ1n) is 6.09. The highest BCUT2D eigenvalue weighted by molar-refractivity contribution is 6.12. The summed E-state index contributed by atoms with van der Waals surface area (Å²) in [7, 11) is 0. The van der Waals surface area contributed by atoms with E-state index in [2.05, 4.69) is 58.8 Å². The van der Waals surface area contributed by atoms with Crippen LogP contribution in [-0.4, -0.2) is 9.38 Å². The van der Waals surface area contributed by atoms with Crippen molar-refractivity contribution < 1.29 is 0 Å².